The Morgan fingerprint density at radius 1 is 1.18 bits per heavy atom. The van der Waals surface area contributed by atoms with Crippen molar-refractivity contribution >= 4 is 39.3 Å². The number of esters is 1. The van der Waals surface area contributed by atoms with Gasteiger partial charge in [-0.05, 0) is 43.7 Å². The molecule has 2 aromatic heterocycles. The first kappa shape index (κ1) is 21.8. The van der Waals surface area contributed by atoms with Gasteiger partial charge in [0.05, 0.1) is 36.4 Å². The number of carbonyl (C=O) groups is 2. The Hall–Kier alpha value is -3.98. The molecule has 0 aliphatic carbocycles. The normalized spacial score (nSPS) is 15.0. The molecule has 1 amide bonds. The molecule has 4 aromatic rings. The van der Waals surface area contributed by atoms with Crippen LogP contribution in [0.4, 0.5) is 5.13 Å². The van der Waals surface area contributed by atoms with Crippen molar-refractivity contribution in [3.8, 4) is 5.75 Å². The number of rotatable bonds is 5. The van der Waals surface area contributed by atoms with Gasteiger partial charge >= 0.3 is 5.97 Å². The predicted molar refractivity (Wildman–Crippen MR) is 127 cm³/mol. The number of hydrogen-bond acceptors (Lipinski definition) is 8. The molecule has 3 heterocycles. The summed E-state index contributed by atoms with van der Waals surface area (Å²) in [7, 11) is 1.54. The maximum atomic E-state index is 13.7. The van der Waals surface area contributed by atoms with Crippen molar-refractivity contribution in [3.63, 3.8) is 0 Å². The van der Waals surface area contributed by atoms with Gasteiger partial charge in [0, 0.05) is 0 Å². The molecule has 172 valence electrons. The molecule has 8 nitrogen and oxygen atoms in total. The summed E-state index contributed by atoms with van der Waals surface area (Å²) >= 11 is 1.04. The van der Waals surface area contributed by atoms with E-state index in [1.165, 1.54) is 4.90 Å². The van der Waals surface area contributed by atoms with Gasteiger partial charge in [0.25, 0.3) is 5.91 Å². The van der Waals surface area contributed by atoms with Gasteiger partial charge in [0.2, 0.25) is 5.76 Å². The SMILES string of the molecule is CCOC(=O)c1sc(N2C(=O)c3oc4ccccc4c(=O)c3C2c2cccc(OC)c2)nc1C. The van der Waals surface area contributed by atoms with Crippen LogP contribution in [0.25, 0.3) is 11.0 Å². The van der Waals surface area contributed by atoms with Gasteiger partial charge in [0.1, 0.15) is 16.2 Å². The fraction of sp³-hybridized carbons (Fsp3) is 0.200. The smallest absolute Gasteiger partial charge is 0.350 e. The van der Waals surface area contributed by atoms with Crippen molar-refractivity contribution in [3.05, 3.63) is 86.2 Å². The molecule has 5 rings (SSSR count). The van der Waals surface area contributed by atoms with E-state index in [9.17, 15) is 14.4 Å². The van der Waals surface area contributed by atoms with Gasteiger partial charge in [-0.2, -0.15) is 0 Å². The number of amides is 1. The number of carbonyl (C=O) groups excluding carboxylic acids is 2. The largest absolute Gasteiger partial charge is 0.497 e. The van der Waals surface area contributed by atoms with Crippen molar-refractivity contribution < 1.29 is 23.5 Å². The lowest BCUT2D eigenvalue weighted by atomic mass is 9.98. The first-order chi connectivity index (χ1) is 16.4. The van der Waals surface area contributed by atoms with Gasteiger partial charge in [-0.3, -0.25) is 14.5 Å². The highest BCUT2D eigenvalue weighted by atomic mass is 32.1. The van der Waals surface area contributed by atoms with Crippen LogP contribution < -0.4 is 15.1 Å². The average Bonchev–Trinajstić information content (AvgIpc) is 3.37. The average molecular weight is 477 g/mol. The van der Waals surface area contributed by atoms with Gasteiger partial charge in [-0.25, -0.2) is 9.78 Å². The Labute approximate surface area is 198 Å². The number of fused-ring (bicyclic) bond motifs is 2. The van der Waals surface area contributed by atoms with E-state index in [-0.39, 0.29) is 28.5 Å². The van der Waals surface area contributed by atoms with Gasteiger partial charge in [-0.1, -0.05) is 35.6 Å². The van der Waals surface area contributed by atoms with Gasteiger partial charge in [-0.15, -0.1) is 0 Å². The highest BCUT2D eigenvalue weighted by molar-refractivity contribution is 7.17. The zero-order valence-corrected chi connectivity index (χ0v) is 19.5. The standard InChI is InChI=1S/C25H20N2O6S/c1-4-32-24(30)22-13(2)26-25(34-22)27-19(14-8-7-9-15(12-14)31-3)18-20(28)16-10-5-6-11-17(16)33-21(18)23(27)29/h5-12,19H,4H2,1-3H3. The van der Waals surface area contributed by atoms with Crippen LogP contribution in [-0.4, -0.2) is 30.6 Å². The predicted octanol–water partition coefficient (Wildman–Crippen LogP) is 4.49. The number of para-hydroxylation sites is 1. The third-order valence-electron chi connectivity index (χ3n) is 5.64. The first-order valence-corrected chi connectivity index (χ1v) is 11.4. The minimum Gasteiger partial charge on any atom is -0.497 e. The fourth-order valence-corrected chi connectivity index (χ4v) is 5.10. The summed E-state index contributed by atoms with van der Waals surface area (Å²) in [6.45, 7) is 3.62. The highest BCUT2D eigenvalue weighted by Crippen LogP contribution is 2.43. The Kier molecular flexibility index (Phi) is 5.41. The zero-order valence-electron chi connectivity index (χ0n) is 18.7. The third kappa shape index (κ3) is 3.36. The Morgan fingerprint density at radius 3 is 2.74 bits per heavy atom. The van der Waals surface area contributed by atoms with E-state index in [0.29, 0.717) is 32.9 Å². The molecule has 0 fully saturated rings. The number of thiazole rings is 1. The summed E-state index contributed by atoms with van der Waals surface area (Å²) in [4.78, 5) is 45.8. The number of nitrogens with zero attached hydrogens (tertiary/aromatic N) is 2. The number of ether oxygens (including phenoxy) is 2. The van der Waals surface area contributed by atoms with Crippen molar-refractivity contribution in [2.45, 2.75) is 19.9 Å². The number of methoxy groups -OCH3 is 1. The Morgan fingerprint density at radius 2 is 1.97 bits per heavy atom. The molecule has 0 radical (unpaired) electrons. The van der Waals surface area contributed by atoms with E-state index < -0.39 is 17.9 Å². The minimum atomic E-state index is -0.806. The lowest BCUT2D eigenvalue weighted by molar-refractivity contribution is 0.0531. The summed E-state index contributed by atoms with van der Waals surface area (Å²) in [5.41, 5.74) is 1.35. The summed E-state index contributed by atoms with van der Waals surface area (Å²) in [6, 6.07) is 13.1. The molecule has 1 aliphatic heterocycles. The van der Waals surface area contributed by atoms with Crippen molar-refractivity contribution in [2.75, 3.05) is 18.6 Å². The number of anilines is 1. The molecule has 0 bridgehead atoms. The number of aromatic nitrogens is 1. The van der Waals surface area contributed by atoms with Crippen molar-refractivity contribution in [1.82, 2.24) is 4.98 Å². The monoisotopic (exact) mass is 476 g/mol. The van der Waals surface area contributed by atoms with Gasteiger partial charge in [0.15, 0.2) is 10.6 Å². The van der Waals surface area contributed by atoms with E-state index in [4.69, 9.17) is 13.9 Å². The Bertz CT molecular complexity index is 1510. The molecule has 1 unspecified atom stereocenters. The van der Waals surface area contributed by atoms with E-state index in [0.717, 1.165) is 11.3 Å². The first-order valence-electron chi connectivity index (χ1n) is 10.6. The second kappa shape index (κ2) is 8.42. The van der Waals surface area contributed by atoms with Crippen LogP contribution in [0.2, 0.25) is 0 Å². The molecule has 1 aliphatic rings. The lowest BCUT2D eigenvalue weighted by Crippen LogP contribution is -2.29. The van der Waals surface area contributed by atoms with E-state index in [2.05, 4.69) is 4.98 Å². The molecular weight excluding hydrogens is 456 g/mol. The maximum absolute atomic E-state index is 13.7. The fourth-order valence-electron chi connectivity index (χ4n) is 4.12. The molecule has 34 heavy (non-hydrogen) atoms. The molecular formula is C25H20N2O6S. The number of hydrogen-bond donors (Lipinski definition) is 0. The topological polar surface area (TPSA) is 98.9 Å². The van der Waals surface area contributed by atoms with E-state index >= 15 is 0 Å². The van der Waals surface area contributed by atoms with E-state index in [1.807, 2.05) is 6.07 Å². The maximum Gasteiger partial charge on any atom is 0.350 e. The third-order valence-corrected chi connectivity index (χ3v) is 6.78. The van der Waals surface area contributed by atoms with Crippen LogP contribution in [0.5, 0.6) is 5.75 Å². The molecule has 0 saturated carbocycles. The van der Waals surface area contributed by atoms with Gasteiger partial charge < -0.3 is 13.9 Å². The van der Waals surface area contributed by atoms with Crippen LogP contribution in [0.15, 0.2) is 57.7 Å². The van der Waals surface area contributed by atoms with Crippen LogP contribution in [0.3, 0.4) is 0 Å². The molecule has 0 N–H and O–H groups in total. The van der Waals surface area contributed by atoms with Crippen molar-refractivity contribution in [1.29, 1.82) is 0 Å². The molecule has 0 spiro atoms. The van der Waals surface area contributed by atoms with Crippen LogP contribution >= 0.6 is 11.3 Å². The van der Waals surface area contributed by atoms with Crippen LogP contribution in [-0.2, 0) is 4.74 Å². The Balaban J connectivity index is 1.75. The van der Waals surface area contributed by atoms with Crippen molar-refractivity contribution in [2.24, 2.45) is 0 Å². The minimum absolute atomic E-state index is 0.0398. The zero-order chi connectivity index (χ0) is 24.0. The highest BCUT2D eigenvalue weighted by Gasteiger charge is 2.45. The second-order valence-electron chi connectivity index (χ2n) is 7.66. The molecule has 0 saturated heterocycles. The molecule has 9 heteroatoms. The lowest BCUT2D eigenvalue weighted by Gasteiger charge is -2.22. The summed E-state index contributed by atoms with van der Waals surface area (Å²) in [6.07, 6.45) is 0. The summed E-state index contributed by atoms with van der Waals surface area (Å²) < 4.78 is 16.4. The summed E-state index contributed by atoms with van der Waals surface area (Å²) in [5.74, 6) is -0.478. The van der Waals surface area contributed by atoms with Crippen LogP contribution in [0, 0.1) is 6.92 Å². The second-order valence-corrected chi connectivity index (χ2v) is 8.63. The van der Waals surface area contributed by atoms with E-state index in [1.54, 1.807) is 63.4 Å². The quantitative estimate of drug-likeness (QED) is 0.391. The van der Waals surface area contributed by atoms with Crippen LogP contribution in [0.1, 0.15) is 50.0 Å². The molecule has 2 aromatic carbocycles. The number of aryl methyl sites for hydroxylation is 1. The summed E-state index contributed by atoms with van der Waals surface area (Å²) in [5, 5.41) is 0.652. The number of benzene rings is 2. The molecule has 1 atom stereocenters.